The number of hydroxylamine groups is 3. The van der Waals surface area contributed by atoms with Gasteiger partial charge in [0.05, 0.1) is 24.0 Å². The van der Waals surface area contributed by atoms with Gasteiger partial charge in [-0.05, 0) is 49.8 Å². The minimum atomic E-state index is -4.15. The molecule has 0 bridgehead atoms. The Kier molecular flexibility index (Phi) is 6.21. The molecule has 2 aliphatic heterocycles. The Morgan fingerprint density at radius 1 is 1.21 bits per heavy atom. The molecule has 10 heteroatoms. The minimum Gasteiger partial charge on any atom is -0.350 e. The summed E-state index contributed by atoms with van der Waals surface area (Å²) in [7, 11) is -4.15. The lowest BCUT2D eigenvalue weighted by Crippen LogP contribution is -2.35. The molecule has 4 rings (SSSR count). The number of allylic oxidation sites excluding steroid dienone is 2. The third-order valence-corrected chi connectivity index (χ3v) is 6.77. The zero-order valence-electron chi connectivity index (χ0n) is 18.0. The van der Waals surface area contributed by atoms with Gasteiger partial charge >= 0.3 is 0 Å². The van der Waals surface area contributed by atoms with Crippen molar-refractivity contribution in [1.29, 1.82) is 0 Å². The number of carbonyl (C=O) groups excluding carboxylic acids is 1. The van der Waals surface area contributed by atoms with Gasteiger partial charge in [-0.25, -0.2) is 23.4 Å². The molecule has 2 aromatic carbocycles. The van der Waals surface area contributed by atoms with E-state index in [-0.39, 0.29) is 28.7 Å². The third-order valence-electron chi connectivity index (χ3n) is 4.95. The van der Waals surface area contributed by atoms with Crippen LogP contribution >= 0.6 is 0 Å². The van der Waals surface area contributed by atoms with E-state index in [9.17, 15) is 17.6 Å². The van der Waals surface area contributed by atoms with E-state index in [1.54, 1.807) is 50.4 Å². The molecule has 0 atom stereocenters. The standard InChI is InChI=1S/C23H23FN4O4S/c1-16(2)26-23(29)19-13-18(10-11-20(19)24)28(15-17-7-4-3-5-8-17)33(30,31)22-9-6-12-27-21(22)14-25-32-27/h3-14,16,25H,15H2,1-2H3,(H,26,29). The number of hydrogen-bond donors (Lipinski definition) is 2. The average Bonchev–Trinajstić information content (AvgIpc) is 3.27. The normalized spacial score (nSPS) is 15.0. The van der Waals surface area contributed by atoms with E-state index in [0.29, 0.717) is 5.70 Å². The molecule has 0 aliphatic carbocycles. The highest BCUT2D eigenvalue weighted by Crippen LogP contribution is 2.34. The van der Waals surface area contributed by atoms with Crippen LogP contribution in [0.4, 0.5) is 10.1 Å². The van der Waals surface area contributed by atoms with Crippen LogP contribution in [-0.2, 0) is 21.5 Å². The zero-order chi connectivity index (χ0) is 23.6. The first-order valence-electron chi connectivity index (χ1n) is 10.2. The predicted molar refractivity (Wildman–Crippen MR) is 122 cm³/mol. The Bertz CT molecular complexity index is 1260. The smallest absolute Gasteiger partial charge is 0.266 e. The van der Waals surface area contributed by atoms with Gasteiger partial charge in [-0.2, -0.15) is 4.94 Å². The van der Waals surface area contributed by atoms with Crippen molar-refractivity contribution in [3.8, 4) is 0 Å². The molecule has 0 saturated carbocycles. The molecule has 2 aliphatic rings. The number of rotatable bonds is 7. The van der Waals surface area contributed by atoms with Gasteiger partial charge in [0.2, 0.25) is 0 Å². The maximum absolute atomic E-state index is 14.5. The van der Waals surface area contributed by atoms with E-state index >= 15 is 0 Å². The van der Waals surface area contributed by atoms with Gasteiger partial charge in [-0.15, -0.1) is 0 Å². The fraction of sp³-hybridized carbons (Fsp3) is 0.174. The van der Waals surface area contributed by atoms with Crippen LogP contribution in [0.3, 0.4) is 0 Å². The number of fused-ring (bicyclic) bond motifs is 1. The van der Waals surface area contributed by atoms with Crippen molar-refractivity contribution < 1.29 is 22.5 Å². The Morgan fingerprint density at radius 2 is 1.97 bits per heavy atom. The second-order valence-electron chi connectivity index (χ2n) is 7.73. The molecule has 2 N–H and O–H groups in total. The maximum atomic E-state index is 14.5. The van der Waals surface area contributed by atoms with Crippen LogP contribution in [-0.4, -0.2) is 25.4 Å². The Hall–Kier alpha value is -3.63. The van der Waals surface area contributed by atoms with Crippen molar-refractivity contribution >= 4 is 21.6 Å². The Morgan fingerprint density at radius 3 is 2.70 bits per heavy atom. The number of halogens is 1. The number of carbonyl (C=O) groups is 1. The van der Waals surface area contributed by atoms with Crippen LogP contribution in [0.1, 0.15) is 29.8 Å². The minimum absolute atomic E-state index is 0.0107. The monoisotopic (exact) mass is 470 g/mol. The topological polar surface area (TPSA) is 91.0 Å². The second kappa shape index (κ2) is 9.08. The van der Waals surface area contributed by atoms with Crippen LogP contribution in [0.2, 0.25) is 0 Å². The van der Waals surface area contributed by atoms with Crippen molar-refractivity contribution in [3.05, 3.63) is 101 Å². The van der Waals surface area contributed by atoms with Gasteiger partial charge in [0, 0.05) is 12.2 Å². The molecule has 2 aromatic rings. The summed E-state index contributed by atoms with van der Waals surface area (Å²) in [6.07, 6.45) is 6.00. The lowest BCUT2D eigenvalue weighted by atomic mass is 10.1. The molecule has 8 nitrogen and oxygen atoms in total. The maximum Gasteiger partial charge on any atom is 0.266 e. The summed E-state index contributed by atoms with van der Waals surface area (Å²) in [5.41, 5.74) is 3.47. The Labute approximate surface area is 191 Å². The largest absolute Gasteiger partial charge is 0.350 e. The molecule has 0 saturated heterocycles. The predicted octanol–water partition coefficient (Wildman–Crippen LogP) is 3.30. The van der Waals surface area contributed by atoms with Crippen LogP contribution < -0.4 is 15.1 Å². The number of benzene rings is 2. The lowest BCUT2D eigenvalue weighted by molar-refractivity contribution is -0.112. The van der Waals surface area contributed by atoms with Crippen molar-refractivity contribution in [2.24, 2.45) is 0 Å². The van der Waals surface area contributed by atoms with Gasteiger partial charge in [0.1, 0.15) is 16.4 Å². The summed E-state index contributed by atoms with van der Waals surface area (Å²) in [4.78, 5) is 17.7. The highest BCUT2D eigenvalue weighted by Gasteiger charge is 2.35. The highest BCUT2D eigenvalue weighted by molar-refractivity contribution is 7.96. The van der Waals surface area contributed by atoms with Crippen LogP contribution in [0.25, 0.3) is 0 Å². The van der Waals surface area contributed by atoms with Gasteiger partial charge in [-0.3, -0.25) is 9.10 Å². The lowest BCUT2D eigenvalue weighted by Gasteiger charge is -2.28. The van der Waals surface area contributed by atoms with E-state index in [4.69, 9.17) is 4.94 Å². The van der Waals surface area contributed by atoms with Gasteiger partial charge in [0.25, 0.3) is 15.9 Å². The van der Waals surface area contributed by atoms with Gasteiger partial charge < -0.3 is 5.32 Å². The highest BCUT2D eigenvalue weighted by atomic mass is 32.2. The molecule has 172 valence electrons. The molecule has 0 radical (unpaired) electrons. The number of nitrogens with zero attached hydrogens (tertiary/aromatic N) is 2. The van der Waals surface area contributed by atoms with Crippen LogP contribution in [0, 0.1) is 5.82 Å². The molecule has 33 heavy (non-hydrogen) atoms. The van der Waals surface area contributed by atoms with Crippen molar-refractivity contribution in [3.63, 3.8) is 0 Å². The quantitative estimate of drug-likeness (QED) is 0.645. The molecule has 0 unspecified atom stereocenters. The van der Waals surface area contributed by atoms with Gasteiger partial charge in [-0.1, -0.05) is 30.3 Å². The van der Waals surface area contributed by atoms with Gasteiger partial charge in [0.15, 0.2) is 0 Å². The number of sulfonamides is 1. The second-order valence-corrected chi connectivity index (χ2v) is 9.56. The molecule has 0 spiro atoms. The van der Waals surface area contributed by atoms with E-state index in [1.807, 2.05) is 6.07 Å². The third kappa shape index (κ3) is 4.62. The first-order valence-corrected chi connectivity index (χ1v) is 11.7. The average molecular weight is 471 g/mol. The zero-order valence-corrected chi connectivity index (χ0v) is 18.8. The fourth-order valence-corrected chi connectivity index (χ4v) is 5.03. The van der Waals surface area contributed by atoms with E-state index < -0.39 is 21.7 Å². The summed E-state index contributed by atoms with van der Waals surface area (Å²) in [6, 6.07) is 12.5. The molecular weight excluding hydrogens is 447 g/mol. The number of amides is 1. The summed E-state index contributed by atoms with van der Waals surface area (Å²) in [6.45, 7) is 3.49. The van der Waals surface area contributed by atoms with Crippen LogP contribution in [0.5, 0.6) is 0 Å². The first kappa shape index (κ1) is 22.6. The number of hydrogen-bond acceptors (Lipinski definition) is 6. The first-order chi connectivity index (χ1) is 15.8. The SMILES string of the molecule is CC(C)NC(=O)c1cc(N(Cc2ccccc2)S(=O)(=O)C2=CC=CN3ONC=C23)ccc1F. The number of nitrogens with one attached hydrogen (secondary N) is 2. The summed E-state index contributed by atoms with van der Waals surface area (Å²) < 4.78 is 43.4. The van der Waals surface area contributed by atoms with E-state index in [2.05, 4.69) is 10.8 Å². The van der Waals surface area contributed by atoms with Crippen molar-refractivity contribution in [2.75, 3.05) is 4.31 Å². The van der Waals surface area contributed by atoms with E-state index in [1.165, 1.54) is 29.5 Å². The van der Waals surface area contributed by atoms with Crippen LogP contribution in [0.15, 0.2) is 83.7 Å². The van der Waals surface area contributed by atoms with Crippen molar-refractivity contribution in [2.45, 2.75) is 26.4 Å². The number of anilines is 1. The fourth-order valence-electron chi connectivity index (χ4n) is 3.42. The Balaban J connectivity index is 1.80. The molecular formula is C23H23FN4O4S. The summed E-state index contributed by atoms with van der Waals surface area (Å²) in [5, 5.41) is 3.93. The van der Waals surface area contributed by atoms with Crippen molar-refractivity contribution in [1.82, 2.24) is 15.9 Å². The molecule has 2 heterocycles. The van der Waals surface area contributed by atoms with E-state index in [0.717, 1.165) is 15.9 Å². The summed E-state index contributed by atoms with van der Waals surface area (Å²) in [5.74, 6) is -1.36. The molecule has 0 fully saturated rings. The summed E-state index contributed by atoms with van der Waals surface area (Å²) >= 11 is 0. The molecule has 1 amide bonds. The molecule has 0 aromatic heterocycles.